The lowest BCUT2D eigenvalue weighted by Gasteiger charge is -2.27. The molecule has 0 atom stereocenters. The van der Waals surface area contributed by atoms with E-state index in [0.717, 1.165) is 5.56 Å². The van der Waals surface area contributed by atoms with Crippen LogP contribution in [-0.4, -0.2) is 48.7 Å². The van der Waals surface area contributed by atoms with Crippen LogP contribution in [0.25, 0.3) is 0 Å². The lowest BCUT2D eigenvalue weighted by molar-refractivity contribution is -0.119. The second-order valence-electron chi connectivity index (χ2n) is 8.35. The number of hydrogen-bond donors (Lipinski definition) is 2. The zero-order valence-corrected chi connectivity index (χ0v) is 20.7. The minimum atomic E-state index is -0.677. The van der Waals surface area contributed by atoms with Crippen LogP contribution in [0.3, 0.4) is 0 Å². The summed E-state index contributed by atoms with van der Waals surface area (Å²) in [6, 6.07) is 9.99. The highest BCUT2D eigenvalue weighted by molar-refractivity contribution is 6.32. The van der Waals surface area contributed by atoms with Gasteiger partial charge in [0, 0.05) is 17.8 Å². The summed E-state index contributed by atoms with van der Waals surface area (Å²) in [5, 5.41) is 2.93. The highest BCUT2D eigenvalue weighted by Gasteiger charge is 2.23. The molecule has 0 fully saturated rings. The molecule has 10 heteroatoms. The zero-order valence-electron chi connectivity index (χ0n) is 19.9. The Morgan fingerprint density at radius 1 is 1.15 bits per heavy atom. The molecule has 2 aromatic rings. The first-order chi connectivity index (χ1) is 15.9. The summed E-state index contributed by atoms with van der Waals surface area (Å²) in [6.07, 6.45) is -0.445. The number of anilines is 1. The van der Waals surface area contributed by atoms with E-state index >= 15 is 0 Å². The summed E-state index contributed by atoms with van der Waals surface area (Å²) in [4.78, 5) is 38.1. The fraction of sp³-hybridized carbons (Fsp3) is 0.375. The molecular weight excluding hydrogens is 462 g/mol. The smallest absolute Gasteiger partial charge is 0.410 e. The van der Waals surface area contributed by atoms with E-state index in [1.54, 1.807) is 37.8 Å². The molecule has 0 radical (unpaired) electrons. The van der Waals surface area contributed by atoms with Crippen molar-refractivity contribution < 1.29 is 28.6 Å². The number of nitrogens with zero attached hydrogens (tertiary/aromatic N) is 1. The second kappa shape index (κ2) is 11.6. The Balaban J connectivity index is 2.25. The number of hydrogen-bond acceptors (Lipinski definition) is 6. The van der Waals surface area contributed by atoms with Gasteiger partial charge in [0.15, 0.2) is 18.1 Å². The average molecular weight is 492 g/mol. The van der Waals surface area contributed by atoms with Gasteiger partial charge >= 0.3 is 6.09 Å². The van der Waals surface area contributed by atoms with Crippen molar-refractivity contribution in [3.05, 3.63) is 52.5 Å². The average Bonchev–Trinajstić information content (AvgIpc) is 2.75. The van der Waals surface area contributed by atoms with Crippen LogP contribution in [0, 0.1) is 0 Å². The topological polar surface area (TPSA) is 120 Å². The number of ether oxygens (including phenoxy) is 3. The van der Waals surface area contributed by atoms with E-state index in [-0.39, 0.29) is 35.2 Å². The largest absolute Gasteiger partial charge is 0.493 e. The van der Waals surface area contributed by atoms with Gasteiger partial charge in [0.05, 0.1) is 18.7 Å². The van der Waals surface area contributed by atoms with Crippen LogP contribution in [0.4, 0.5) is 10.5 Å². The molecule has 2 rings (SSSR count). The summed E-state index contributed by atoms with van der Waals surface area (Å²) >= 11 is 6.26. The maximum absolute atomic E-state index is 13.0. The monoisotopic (exact) mass is 491 g/mol. The third-order valence-corrected chi connectivity index (χ3v) is 4.79. The van der Waals surface area contributed by atoms with E-state index in [2.05, 4.69) is 5.32 Å². The predicted molar refractivity (Wildman–Crippen MR) is 129 cm³/mol. The van der Waals surface area contributed by atoms with Crippen molar-refractivity contribution in [2.45, 2.75) is 39.8 Å². The van der Waals surface area contributed by atoms with E-state index in [9.17, 15) is 14.4 Å². The lowest BCUT2D eigenvalue weighted by Crippen LogP contribution is -2.36. The summed E-state index contributed by atoms with van der Waals surface area (Å²) in [5.41, 5.74) is 5.95. The first-order valence-corrected chi connectivity index (χ1v) is 11.0. The van der Waals surface area contributed by atoms with Crippen molar-refractivity contribution in [1.29, 1.82) is 0 Å². The zero-order chi connectivity index (χ0) is 25.5. The molecule has 3 amide bonds. The number of amides is 3. The van der Waals surface area contributed by atoms with E-state index in [1.807, 2.05) is 19.1 Å². The number of para-hydroxylation sites is 1. The van der Waals surface area contributed by atoms with Crippen LogP contribution in [-0.2, 0) is 16.1 Å². The van der Waals surface area contributed by atoms with Crippen LogP contribution in [0.2, 0.25) is 5.02 Å². The number of benzene rings is 2. The van der Waals surface area contributed by atoms with E-state index < -0.39 is 23.5 Å². The van der Waals surface area contributed by atoms with Crippen LogP contribution in [0.5, 0.6) is 11.5 Å². The maximum atomic E-state index is 13.0. The highest BCUT2D eigenvalue weighted by Crippen LogP contribution is 2.36. The predicted octanol–water partition coefficient (Wildman–Crippen LogP) is 4.22. The molecule has 3 N–H and O–H groups in total. The maximum Gasteiger partial charge on any atom is 0.410 e. The number of carbonyl (C=O) groups is 3. The second-order valence-corrected chi connectivity index (χ2v) is 8.76. The number of nitrogens with one attached hydrogen (secondary N) is 1. The van der Waals surface area contributed by atoms with Gasteiger partial charge in [-0.15, -0.1) is 0 Å². The normalized spacial score (nSPS) is 10.9. The lowest BCUT2D eigenvalue weighted by atomic mass is 10.1. The Bertz CT molecular complexity index is 1050. The number of rotatable bonds is 9. The van der Waals surface area contributed by atoms with Gasteiger partial charge in [0.25, 0.3) is 11.8 Å². The molecule has 9 nitrogen and oxygen atoms in total. The van der Waals surface area contributed by atoms with E-state index in [0.29, 0.717) is 12.2 Å². The first kappa shape index (κ1) is 26.8. The molecule has 2 aromatic carbocycles. The van der Waals surface area contributed by atoms with Crippen molar-refractivity contribution in [2.24, 2.45) is 5.73 Å². The van der Waals surface area contributed by atoms with Crippen LogP contribution >= 0.6 is 11.6 Å². The van der Waals surface area contributed by atoms with Crippen molar-refractivity contribution in [3.8, 4) is 11.5 Å². The summed E-state index contributed by atoms with van der Waals surface area (Å²) in [6.45, 7) is 7.54. The highest BCUT2D eigenvalue weighted by atomic mass is 35.5. The Morgan fingerprint density at radius 2 is 1.82 bits per heavy atom. The van der Waals surface area contributed by atoms with Gasteiger partial charge in [0.1, 0.15) is 5.60 Å². The molecule has 0 heterocycles. The van der Waals surface area contributed by atoms with Crippen LogP contribution in [0.1, 0.15) is 43.6 Å². The van der Waals surface area contributed by atoms with Crippen LogP contribution < -0.4 is 20.5 Å². The van der Waals surface area contributed by atoms with Gasteiger partial charge in [-0.25, -0.2) is 4.79 Å². The fourth-order valence-electron chi connectivity index (χ4n) is 2.95. The van der Waals surface area contributed by atoms with Crippen molar-refractivity contribution in [2.75, 3.05) is 25.6 Å². The first-order valence-electron chi connectivity index (χ1n) is 10.6. The number of carbonyl (C=O) groups excluding carboxylic acids is 3. The SMILES string of the molecule is CCN(Cc1ccccc1NC(=O)c1cc(Cl)c(OCC(N)=O)c(OC)c1)C(=O)OC(C)(C)C. The molecule has 184 valence electrons. The molecule has 0 aliphatic heterocycles. The molecule has 0 aliphatic carbocycles. The number of methoxy groups -OCH3 is 1. The quantitative estimate of drug-likeness (QED) is 0.541. The minimum Gasteiger partial charge on any atom is -0.493 e. The molecule has 0 saturated carbocycles. The number of nitrogens with two attached hydrogens (primary N) is 1. The molecule has 0 aromatic heterocycles. The van der Waals surface area contributed by atoms with Gasteiger partial charge in [-0.1, -0.05) is 29.8 Å². The molecule has 34 heavy (non-hydrogen) atoms. The Kier molecular flexibility index (Phi) is 9.14. The van der Waals surface area contributed by atoms with E-state index in [4.69, 9.17) is 31.5 Å². The molecule has 0 saturated heterocycles. The van der Waals surface area contributed by atoms with Gasteiger partial charge in [-0.3, -0.25) is 9.59 Å². The van der Waals surface area contributed by atoms with Gasteiger partial charge < -0.3 is 30.2 Å². The van der Waals surface area contributed by atoms with Crippen molar-refractivity contribution >= 4 is 35.2 Å². The Labute approximate surface area is 204 Å². The molecule has 0 bridgehead atoms. The van der Waals surface area contributed by atoms with Gasteiger partial charge in [-0.2, -0.15) is 0 Å². The number of primary amides is 1. The van der Waals surface area contributed by atoms with Crippen molar-refractivity contribution in [1.82, 2.24) is 4.90 Å². The number of halogens is 1. The fourth-order valence-corrected chi connectivity index (χ4v) is 3.21. The molecule has 0 unspecified atom stereocenters. The third kappa shape index (κ3) is 7.55. The summed E-state index contributed by atoms with van der Waals surface area (Å²) in [5.74, 6) is -0.844. The summed E-state index contributed by atoms with van der Waals surface area (Å²) in [7, 11) is 1.38. The third-order valence-electron chi connectivity index (χ3n) is 4.51. The van der Waals surface area contributed by atoms with Gasteiger partial charge in [-0.05, 0) is 51.5 Å². The van der Waals surface area contributed by atoms with Crippen molar-refractivity contribution in [3.63, 3.8) is 0 Å². The molecule has 0 aliphatic rings. The standard InChI is InChI=1S/C24H30ClN3O6/c1-6-28(23(31)34-24(2,3)4)13-15-9-7-8-10-18(15)27-22(30)16-11-17(25)21(19(12-16)32-5)33-14-20(26)29/h7-12H,6,13-14H2,1-5H3,(H2,26,29)(H,27,30). The van der Waals surface area contributed by atoms with Gasteiger partial charge in [0.2, 0.25) is 0 Å². The molecule has 0 spiro atoms. The van der Waals surface area contributed by atoms with Crippen LogP contribution in [0.15, 0.2) is 36.4 Å². The summed E-state index contributed by atoms with van der Waals surface area (Å²) < 4.78 is 16.0. The Hall–Kier alpha value is -3.46. The molecular formula is C24H30ClN3O6. The Morgan fingerprint density at radius 3 is 2.41 bits per heavy atom. The van der Waals surface area contributed by atoms with E-state index in [1.165, 1.54) is 19.2 Å². The minimum absolute atomic E-state index is 0.0844.